The lowest BCUT2D eigenvalue weighted by Gasteiger charge is -2.15. The largest absolute Gasteiger partial charge is 0.481 e. The molecule has 1 aromatic heterocycles. The van der Waals surface area contributed by atoms with Crippen LogP contribution in [0.25, 0.3) is 0 Å². The number of hydrogen-bond acceptors (Lipinski definition) is 5. The van der Waals surface area contributed by atoms with Gasteiger partial charge in [0.15, 0.2) is 6.10 Å². The molecule has 0 fully saturated rings. The van der Waals surface area contributed by atoms with E-state index < -0.39 is 17.8 Å². The van der Waals surface area contributed by atoms with Crippen molar-refractivity contribution in [3.8, 4) is 17.4 Å². The summed E-state index contributed by atoms with van der Waals surface area (Å²) in [6.07, 6.45) is -3.80. The zero-order valence-electron chi connectivity index (χ0n) is 15.8. The number of nitrogens with one attached hydrogen (secondary N) is 1. The first-order valence-electron chi connectivity index (χ1n) is 8.73. The number of rotatable bonds is 9. The van der Waals surface area contributed by atoms with Crippen LogP contribution in [0.15, 0.2) is 36.5 Å². The van der Waals surface area contributed by atoms with E-state index in [1.807, 2.05) is 6.92 Å². The SMILES string of the molecule is CCCOCNC(=O)C(C)Oc1ccc(Oc2ncc(C(F)(F)F)cc2Cl)cc1. The molecule has 0 saturated heterocycles. The van der Waals surface area contributed by atoms with E-state index in [1.165, 1.54) is 12.1 Å². The third-order valence-electron chi connectivity index (χ3n) is 3.55. The van der Waals surface area contributed by atoms with E-state index in [-0.39, 0.29) is 29.3 Å². The molecule has 1 unspecified atom stereocenters. The Kier molecular flexibility index (Phi) is 8.10. The van der Waals surface area contributed by atoms with Gasteiger partial charge in [0.1, 0.15) is 23.3 Å². The van der Waals surface area contributed by atoms with Crippen molar-refractivity contribution >= 4 is 17.5 Å². The van der Waals surface area contributed by atoms with Gasteiger partial charge in [0.2, 0.25) is 5.88 Å². The minimum atomic E-state index is -4.54. The average molecular weight is 433 g/mol. The summed E-state index contributed by atoms with van der Waals surface area (Å²) in [5, 5.41) is 2.32. The third kappa shape index (κ3) is 7.10. The van der Waals surface area contributed by atoms with Crippen LogP contribution in [-0.4, -0.2) is 30.3 Å². The van der Waals surface area contributed by atoms with Crippen molar-refractivity contribution in [3.63, 3.8) is 0 Å². The van der Waals surface area contributed by atoms with E-state index in [2.05, 4.69) is 10.3 Å². The topological polar surface area (TPSA) is 69.7 Å². The number of aromatic nitrogens is 1. The van der Waals surface area contributed by atoms with E-state index >= 15 is 0 Å². The highest BCUT2D eigenvalue weighted by Crippen LogP contribution is 2.34. The van der Waals surface area contributed by atoms with E-state index in [9.17, 15) is 18.0 Å². The maximum absolute atomic E-state index is 12.6. The van der Waals surface area contributed by atoms with Crippen LogP contribution >= 0.6 is 11.6 Å². The molecule has 158 valence electrons. The van der Waals surface area contributed by atoms with E-state index in [1.54, 1.807) is 19.1 Å². The van der Waals surface area contributed by atoms with Crippen molar-refractivity contribution in [3.05, 3.63) is 47.1 Å². The van der Waals surface area contributed by atoms with Crippen molar-refractivity contribution in [2.45, 2.75) is 32.5 Å². The van der Waals surface area contributed by atoms with Crippen LogP contribution in [0.2, 0.25) is 5.02 Å². The second-order valence-corrected chi connectivity index (χ2v) is 6.34. The molecule has 1 aromatic carbocycles. The van der Waals surface area contributed by atoms with Gasteiger partial charge in [0.25, 0.3) is 5.91 Å². The van der Waals surface area contributed by atoms with Gasteiger partial charge in [-0.25, -0.2) is 4.98 Å². The predicted octanol–water partition coefficient (Wildman–Crippen LogP) is 4.81. The highest BCUT2D eigenvalue weighted by molar-refractivity contribution is 6.31. The first-order chi connectivity index (χ1) is 13.7. The Morgan fingerprint density at radius 1 is 1.24 bits per heavy atom. The standard InChI is InChI=1S/C19H20ClF3N2O4/c1-3-8-27-11-25-17(26)12(2)28-14-4-6-15(7-5-14)29-18-16(20)9-13(10-24-18)19(21,22)23/h4-7,9-10,12H,3,8,11H2,1-2H3,(H,25,26). The second-order valence-electron chi connectivity index (χ2n) is 5.94. The van der Waals surface area contributed by atoms with Gasteiger partial charge in [-0.3, -0.25) is 4.79 Å². The maximum Gasteiger partial charge on any atom is 0.417 e. The zero-order valence-corrected chi connectivity index (χ0v) is 16.5. The fourth-order valence-electron chi connectivity index (χ4n) is 2.09. The molecule has 2 rings (SSSR count). The summed E-state index contributed by atoms with van der Waals surface area (Å²) in [7, 11) is 0. The van der Waals surface area contributed by atoms with Crippen LogP contribution in [0.4, 0.5) is 13.2 Å². The van der Waals surface area contributed by atoms with E-state index in [0.29, 0.717) is 18.6 Å². The molecule has 0 bridgehead atoms. The van der Waals surface area contributed by atoms with Crippen LogP contribution in [-0.2, 0) is 15.7 Å². The second kappa shape index (κ2) is 10.3. The fourth-order valence-corrected chi connectivity index (χ4v) is 2.30. The van der Waals surface area contributed by atoms with Crippen LogP contribution in [0.3, 0.4) is 0 Å². The lowest BCUT2D eigenvalue weighted by molar-refractivity contribution is -0.137. The van der Waals surface area contributed by atoms with Gasteiger partial charge >= 0.3 is 6.18 Å². The molecule has 0 aliphatic carbocycles. The zero-order chi connectivity index (χ0) is 21.4. The Balaban J connectivity index is 1.92. The lowest BCUT2D eigenvalue weighted by Crippen LogP contribution is -2.37. The number of alkyl halides is 3. The maximum atomic E-state index is 12.6. The molecule has 6 nitrogen and oxygen atoms in total. The molecule has 0 aliphatic rings. The normalized spacial score (nSPS) is 12.3. The van der Waals surface area contributed by atoms with Crippen molar-refractivity contribution in [1.82, 2.24) is 10.3 Å². The first kappa shape index (κ1) is 22.8. The van der Waals surface area contributed by atoms with Gasteiger partial charge in [-0.1, -0.05) is 18.5 Å². The Morgan fingerprint density at radius 2 is 1.90 bits per heavy atom. The fraction of sp³-hybridized carbons (Fsp3) is 0.368. The molecule has 0 spiro atoms. The summed E-state index contributed by atoms with van der Waals surface area (Å²) in [6, 6.07) is 6.86. The first-order valence-corrected chi connectivity index (χ1v) is 9.11. The molecule has 0 radical (unpaired) electrons. The van der Waals surface area contributed by atoms with Gasteiger partial charge in [0.05, 0.1) is 5.56 Å². The molecule has 0 saturated carbocycles. The van der Waals surface area contributed by atoms with Gasteiger partial charge < -0.3 is 19.5 Å². The van der Waals surface area contributed by atoms with Crippen molar-refractivity contribution in [1.29, 1.82) is 0 Å². The monoisotopic (exact) mass is 432 g/mol. The highest BCUT2D eigenvalue weighted by Gasteiger charge is 2.31. The van der Waals surface area contributed by atoms with E-state index in [0.717, 1.165) is 12.5 Å². The summed E-state index contributed by atoms with van der Waals surface area (Å²) < 4.78 is 54.0. The van der Waals surface area contributed by atoms with E-state index in [4.69, 9.17) is 25.8 Å². The Bertz CT molecular complexity index is 816. The number of hydrogen-bond donors (Lipinski definition) is 1. The molecular formula is C19H20ClF3N2O4. The minimum absolute atomic E-state index is 0.105. The number of benzene rings is 1. The van der Waals surface area contributed by atoms with Crippen molar-refractivity contribution in [2.75, 3.05) is 13.3 Å². The smallest absolute Gasteiger partial charge is 0.417 e. The molecule has 1 heterocycles. The Labute approximate surface area is 170 Å². The summed E-state index contributed by atoms with van der Waals surface area (Å²) in [6.45, 7) is 4.21. The molecule has 1 atom stereocenters. The third-order valence-corrected chi connectivity index (χ3v) is 3.82. The van der Waals surface area contributed by atoms with Crippen molar-refractivity contribution < 1.29 is 32.2 Å². The van der Waals surface area contributed by atoms with Gasteiger partial charge in [0, 0.05) is 12.8 Å². The molecule has 10 heteroatoms. The quantitative estimate of drug-likeness (QED) is 0.454. The number of carbonyl (C=O) groups is 1. The minimum Gasteiger partial charge on any atom is -0.481 e. The van der Waals surface area contributed by atoms with Crippen LogP contribution in [0, 0.1) is 0 Å². The summed E-state index contributed by atoms with van der Waals surface area (Å²) in [5.74, 6) is 0.202. The molecule has 1 amide bonds. The molecular weight excluding hydrogens is 413 g/mol. The molecule has 1 N–H and O–H groups in total. The molecule has 2 aromatic rings. The summed E-state index contributed by atoms with van der Waals surface area (Å²) >= 11 is 5.81. The number of carbonyl (C=O) groups excluding carboxylic acids is 1. The van der Waals surface area contributed by atoms with Crippen LogP contribution < -0.4 is 14.8 Å². The summed E-state index contributed by atoms with van der Waals surface area (Å²) in [5.41, 5.74) is -0.967. The number of ether oxygens (including phenoxy) is 3. The van der Waals surface area contributed by atoms with Crippen molar-refractivity contribution in [2.24, 2.45) is 0 Å². The number of nitrogens with zero attached hydrogens (tertiary/aromatic N) is 1. The Morgan fingerprint density at radius 3 is 2.48 bits per heavy atom. The molecule has 0 aliphatic heterocycles. The summed E-state index contributed by atoms with van der Waals surface area (Å²) in [4.78, 5) is 15.5. The number of halogens is 4. The number of amides is 1. The van der Waals surface area contributed by atoms with Crippen LogP contribution in [0.1, 0.15) is 25.8 Å². The lowest BCUT2D eigenvalue weighted by atomic mass is 10.3. The average Bonchev–Trinajstić information content (AvgIpc) is 2.67. The predicted molar refractivity (Wildman–Crippen MR) is 100 cm³/mol. The molecule has 29 heavy (non-hydrogen) atoms. The van der Waals surface area contributed by atoms with Gasteiger partial charge in [-0.2, -0.15) is 13.2 Å². The number of pyridine rings is 1. The highest BCUT2D eigenvalue weighted by atomic mass is 35.5. The van der Waals surface area contributed by atoms with Gasteiger partial charge in [-0.05, 0) is 43.7 Å². The van der Waals surface area contributed by atoms with Gasteiger partial charge in [-0.15, -0.1) is 0 Å². The Hall–Kier alpha value is -2.52. The van der Waals surface area contributed by atoms with Crippen LogP contribution in [0.5, 0.6) is 17.4 Å².